The van der Waals surface area contributed by atoms with Gasteiger partial charge < -0.3 is 4.57 Å². The fourth-order valence-electron chi connectivity index (χ4n) is 2.00. The van der Waals surface area contributed by atoms with Gasteiger partial charge in [-0.3, -0.25) is 0 Å². The first-order chi connectivity index (χ1) is 7.71. The molecule has 0 amide bonds. The Hall–Kier alpha value is -0.310. The van der Waals surface area contributed by atoms with Crippen molar-refractivity contribution in [2.24, 2.45) is 5.41 Å². The Labute approximate surface area is 108 Å². The Morgan fingerprint density at radius 1 is 1.31 bits per heavy atom. The van der Waals surface area contributed by atoms with Crippen LogP contribution in [0.5, 0.6) is 0 Å². The van der Waals surface area contributed by atoms with E-state index in [4.69, 9.17) is 0 Å². The van der Waals surface area contributed by atoms with Crippen molar-refractivity contribution < 1.29 is 0 Å². The molecule has 0 aliphatic carbocycles. The number of imidazole rings is 1. The number of halogens is 1. The number of nitrogens with zero attached hydrogens (tertiary/aromatic N) is 2. The van der Waals surface area contributed by atoms with E-state index >= 15 is 0 Å². The monoisotopic (exact) mass is 286 g/mol. The second-order valence-electron chi connectivity index (χ2n) is 4.56. The van der Waals surface area contributed by atoms with Crippen LogP contribution in [-0.2, 0) is 13.0 Å². The zero-order chi connectivity index (χ0) is 12.0. The van der Waals surface area contributed by atoms with Gasteiger partial charge in [-0.1, -0.05) is 36.7 Å². The molecule has 0 saturated carbocycles. The van der Waals surface area contributed by atoms with Crippen LogP contribution in [0.2, 0.25) is 0 Å². The molecule has 0 aliphatic heterocycles. The number of rotatable bonds is 7. The molecule has 1 aromatic rings. The highest BCUT2D eigenvalue weighted by atomic mass is 79.9. The van der Waals surface area contributed by atoms with Crippen molar-refractivity contribution in [3.8, 4) is 0 Å². The lowest BCUT2D eigenvalue weighted by Crippen LogP contribution is -2.27. The van der Waals surface area contributed by atoms with Crippen LogP contribution in [0.1, 0.15) is 45.9 Å². The molecule has 0 fully saturated rings. The van der Waals surface area contributed by atoms with Crippen molar-refractivity contribution in [2.75, 3.05) is 5.33 Å². The van der Waals surface area contributed by atoms with E-state index in [1.54, 1.807) is 0 Å². The van der Waals surface area contributed by atoms with Crippen LogP contribution >= 0.6 is 15.9 Å². The van der Waals surface area contributed by atoms with Gasteiger partial charge in [0.25, 0.3) is 0 Å². The van der Waals surface area contributed by atoms with Crippen LogP contribution in [0.4, 0.5) is 0 Å². The van der Waals surface area contributed by atoms with E-state index in [1.165, 1.54) is 18.7 Å². The van der Waals surface area contributed by atoms with Gasteiger partial charge in [-0.05, 0) is 24.7 Å². The summed E-state index contributed by atoms with van der Waals surface area (Å²) in [5.41, 5.74) is 0.378. The van der Waals surface area contributed by atoms with Gasteiger partial charge >= 0.3 is 0 Å². The predicted molar refractivity (Wildman–Crippen MR) is 73.0 cm³/mol. The topological polar surface area (TPSA) is 17.8 Å². The van der Waals surface area contributed by atoms with E-state index in [1.807, 2.05) is 6.20 Å². The fraction of sp³-hybridized carbons (Fsp3) is 0.769. The maximum Gasteiger partial charge on any atom is 0.108 e. The van der Waals surface area contributed by atoms with Crippen molar-refractivity contribution in [1.82, 2.24) is 9.55 Å². The van der Waals surface area contributed by atoms with Crippen LogP contribution in [-0.4, -0.2) is 14.9 Å². The van der Waals surface area contributed by atoms with Crippen molar-refractivity contribution in [1.29, 1.82) is 0 Å². The van der Waals surface area contributed by atoms with E-state index in [-0.39, 0.29) is 0 Å². The minimum Gasteiger partial charge on any atom is -0.334 e. The quantitative estimate of drug-likeness (QED) is 0.692. The van der Waals surface area contributed by atoms with Crippen molar-refractivity contribution >= 4 is 15.9 Å². The van der Waals surface area contributed by atoms with Crippen molar-refractivity contribution in [3.63, 3.8) is 0 Å². The third kappa shape index (κ3) is 3.09. The van der Waals surface area contributed by atoms with Crippen molar-refractivity contribution in [2.45, 2.75) is 53.0 Å². The average molecular weight is 287 g/mol. The van der Waals surface area contributed by atoms with Gasteiger partial charge in [-0.2, -0.15) is 0 Å². The first-order valence-electron chi connectivity index (χ1n) is 6.27. The van der Waals surface area contributed by atoms with Gasteiger partial charge in [0.15, 0.2) is 0 Å². The molecule has 92 valence electrons. The average Bonchev–Trinajstić information content (AvgIpc) is 2.74. The predicted octanol–water partition coefficient (Wildman–Crippen LogP) is 4.04. The normalized spacial score (nSPS) is 12.0. The summed E-state index contributed by atoms with van der Waals surface area (Å²) in [5.74, 6) is 1.23. The molecule has 0 N–H and O–H groups in total. The Balaban J connectivity index is 2.80. The summed E-state index contributed by atoms with van der Waals surface area (Å²) in [4.78, 5) is 4.44. The first kappa shape index (κ1) is 13.8. The first-order valence-corrected chi connectivity index (χ1v) is 7.39. The molecular formula is C13H23BrN2. The van der Waals surface area contributed by atoms with Crippen LogP contribution in [0.15, 0.2) is 12.4 Å². The minimum absolute atomic E-state index is 0.378. The van der Waals surface area contributed by atoms with E-state index < -0.39 is 0 Å². The molecule has 1 aromatic heterocycles. The summed E-state index contributed by atoms with van der Waals surface area (Å²) in [6.07, 6.45) is 8.70. The smallest absolute Gasteiger partial charge is 0.108 e. The lowest BCUT2D eigenvalue weighted by atomic mass is 9.84. The maximum absolute atomic E-state index is 4.44. The molecule has 0 spiro atoms. The molecule has 3 heteroatoms. The van der Waals surface area contributed by atoms with Crippen LogP contribution in [0.25, 0.3) is 0 Å². The van der Waals surface area contributed by atoms with Gasteiger partial charge in [-0.15, -0.1) is 0 Å². The number of alkyl halides is 1. The molecule has 0 bridgehead atoms. The van der Waals surface area contributed by atoms with E-state index in [0.29, 0.717) is 5.41 Å². The molecule has 1 heterocycles. The summed E-state index contributed by atoms with van der Waals surface area (Å²) in [6, 6.07) is 0. The highest BCUT2D eigenvalue weighted by Crippen LogP contribution is 2.31. The van der Waals surface area contributed by atoms with E-state index in [9.17, 15) is 0 Å². The number of aromatic nitrogens is 2. The van der Waals surface area contributed by atoms with Gasteiger partial charge in [0.2, 0.25) is 0 Å². The molecule has 0 saturated heterocycles. The summed E-state index contributed by atoms with van der Waals surface area (Å²) in [6.45, 7) is 7.85. The third-order valence-electron chi connectivity index (χ3n) is 3.56. The largest absolute Gasteiger partial charge is 0.334 e. The Morgan fingerprint density at radius 3 is 2.50 bits per heavy atom. The Morgan fingerprint density at radius 2 is 2.00 bits per heavy atom. The summed E-state index contributed by atoms with van der Waals surface area (Å²) < 4.78 is 2.33. The third-order valence-corrected chi connectivity index (χ3v) is 4.75. The Kier molecular flexibility index (Phi) is 5.53. The summed E-state index contributed by atoms with van der Waals surface area (Å²) in [7, 11) is 0. The molecule has 0 unspecified atom stereocenters. The molecule has 2 nitrogen and oxygen atoms in total. The van der Waals surface area contributed by atoms with Crippen LogP contribution in [0.3, 0.4) is 0 Å². The molecular weight excluding hydrogens is 264 g/mol. The van der Waals surface area contributed by atoms with Gasteiger partial charge in [0.1, 0.15) is 5.82 Å². The molecule has 0 atom stereocenters. The number of hydrogen-bond donors (Lipinski definition) is 0. The molecule has 0 aromatic carbocycles. The lowest BCUT2D eigenvalue weighted by molar-refractivity contribution is 0.256. The van der Waals surface area contributed by atoms with Gasteiger partial charge in [-0.25, -0.2) is 4.98 Å². The Bertz CT molecular complexity index is 294. The number of hydrogen-bond acceptors (Lipinski definition) is 1. The molecule has 1 rings (SSSR count). The second-order valence-corrected chi connectivity index (χ2v) is 5.12. The number of aryl methyl sites for hydroxylation is 1. The van der Waals surface area contributed by atoms with Gasteiger partial charge in [0, 0.05) is 30.7 Å². The molecule has 0 aliphatic rings. The highest BCUT2D eigenvalue weighted by Gasteiger charge is 2.25. The standard InChI is InChI=1S/C13H23BrN2/c1-4-7-12-15-8-9-16(12)11-13(5-2,6-3)10-14/h8-9H,4-7,10-11H2,1-3H3. The highest BCUT2D eigenvalue weighted by molar-refractivity contribution is 9.09. The zero-order valence-electron chi connectivity index (χ0n) is 10.7. The molecule has 0 radical (unpaired) electrons. The van der Waals surface area contributed by atoms with Crippen molar-refractivity contribution in [3.05, 3.63) is 18.2 Å². The van der Waals surface area contributed by atoms with E-state index in [0.717, 1.165) is 24.7 Å². The maximum atomic E-state index is 4.44. The fourth-order valence-corrected chi connectivity index (χ4v) is 2.97. The van der Waals surface area contributed by atoms with Gasteiger partial charge in [0.05, 0.1) is 0 Å². The van der Waals surface area contributed by atoms with Crippen LogP contribution in [0, 0.1) is 5.41 Å². The zero-order valence-corrected chi connectivity index (χ0v) is 12.3. The minimum atomic E-state index is 0.378. The summed E-state index contributed by atoms with van der Waals surface area (Å²) >= 11 is 3.67. The summed E-state index contributed by atoms with van der Waals surface area (Å²) in [5, 5.41) is 1.07. The SMILES string of the molecule is CCCc1nccn1CC(CC)(CC)CBr. The van der Waals surface area contributed by atoms with E-state index in [2.05, 4.69) is 52.4 Å². The molecule has 16 heavy (non-hydrogen) atoms. The van der Waals surface area contributed by atoms with Crippen LogP contribution < -0.4 is 0 Å². The second kappa shape index (κ2) is 6.43. The lowest BCUT2D eigenvalue weighted by Gasteiger charge is -2.30.